The summed E-state index contributed by atoms with van der Waals surface area (Å²) in [4.78, 5) is 12.2. The quantitative estimate of drug-likeness (QED) is 0.695. The van der Waals surface area contributed by atoms with Crippen LogP contribution in [0.3, 0.4) is 0 Å². The van der Waals surface area contributed by atoms with Crippen LogP contribution in [-0.4, -0.2) is 19.1 Å². The summed E-state index contributed by atoms with van der Waals surface area (Å²) < 4.78 is 24.6. The second-order valence-electron chi connectivity index (χ2n) is 4.98. The van der Waals surface area contributed by atoms with Crippen molar-refractivity contribution in [3.05, 3.63) is 59.4 Å². The van der Waals surface area contributed by atoms with Gasteiger partial charge in [0.25, 0.3) is 5.91 Å². The van der Waals surface area contributed by atoms with Crippen LogP contribution >= 0.6 is 0 Å². The molecule has 0 aliphatic carbocycles. The first-order chi connectivity index (χ1) is 11.7. The molecule has 0 fully saturated rings. The zero-order valence-electron chi connectivity index (χ0n) is 12.6. The van der Waals surface area contributed by atoms with Gasteiger partial charge in [-0.25, -0.2) is 4.39 Å². The van der Waals surface area contributed by atoms with Gasteiger partial charge in [-0.3, -0.25) is 4.79 Å². The molecule has 1 heterocycles. The molecule has 5 nitrogen and oxygen atoms in total. The molecule has 1 aliphatic rings. The van der Waals surface area contributed by atoms with E-state index in [0.717, 1.165) is 0 Å². The van der Waals surface area contributed by atoms with Gasteiger partial charge in [-0.2, -0.15) is 5.26 Å². The highest BCUT2D eigenvalue weighted by atomic mass is 19.1. The van der Waals surface area contributed by atoms with Crippen LogP contribution in [0, 0.1) is 17.1 Å². The highest BCUT2D eigenvalue weighted by Crippen LogP contribution is 2.34. The number of benzene rings is 2. The molecule has 0 spiro atoms. The average molecular weight is 324 g/mol. The van der Waals surface area contributed by atoms with Crippen molar-refractivity contribution in [1.29, 1.82) is 5.26 Å². The fraction of sp³-hybridized carbons (Fsp3) is 0.111. The summed E-state index contributed by atoms with van der Waals surface area (Å²) in [7, 11) is 0. The Hall–Kier alpha value is -3.33. The standard InChI is InChI=1S/C18H13FN2O3/c19-14-5-1-2-6-15(14)21-18(22)13(11-20)10-12-4-3-7-16-17(12)24-9-8-23-16/h1-7,10H,8-9H2,(H,21,22)/b13-10-. The molecule has 24 heavy (non-hydrogen) atoms. The number of ether oxygens (including phenoxy) is 2. The molecule has 6 heteroatoms. The number of anilines is 1. The van der Waals surface area contributed by atoms with E-state index in [-0.39, 0.29) is 11.3 Å². The fourth-order valence-electron chi connectivity index (χ4n) is 2.27. The monoisotopic (exact) mass is 324 g/mol. The number of nitriles is 1. The SMILES string of the molecule is N#C/C(=C/c1cccc2c1OCCO2)C(=O)Nc1ccccc1F. The van der Waals surface area contributed by atoms with Gasteiger partial charge >= 0.3 is 0 Å². The van der Waals surface area contributed by atoms with Crippen LogP contribution < -0.4 is 14.8 Å². The Morgan fingerprint density at radius 2 is 1.96 bits per heavy atom. The normalized spacial score (nSPS) is 13.1. The minimum atomic E-state index is -0.697. The molecule has 1 aliphatic heterocycles. The summed E-state index contributed by atoms with van der Waals surface area (Å²) in [6, 6.07) is 12.8. The van der Waals surface area contributed by atoms with Gasteiger partial charge in [0.1, 0.15) is 30.7 Å². The summed E-state index contributed by atoms with van der Waals surface area (Å²) in [5.74, 6) is -0.231. The van der Waals surface area contributed by atoms with E-state index in [1.54, 1.807) is 24.3 Å². The first-order valence-electron chi connectivity index (χ1n) is 7.25. The third-order valence-electron chi connectivity index (χ3n) is 3.38. The van der Waals surface area contributed by atoms with Crippen molar-refractivity contribution in [3.63, 3.8) is 0 Å². The molecule has 1 amide bonds. The first kappa shape index (κ1) is 15.6. The summed E-state index contributed by atoms with van der Waals surface area (Å²) in [5.41, 5.74) is 0.395. The van der Waals surface area contributed by atoms with E-state index in [1.807, 2.05) is 6.07 Å². The van der Waals surface area contributed by atoms with E-state index in [0.29, 0.717) is 30.3 Å². The second kappa shape index (κ2) is 6.84. The van der Waals surface area contributed by atoms with Crippen molar-refractivity contribution < 1.29 is 18.7 Å². The number of hydrogen-bond donors (Lipinski definition) is 1. The number of nitrogens with one attached hydrogen (secondary N) is 1. The second-order valence-corrected chi connectivity index (χ2v) is 4.98. The fourth-order valence-corrected chi connectivity index (χ4v) is 2.27. The van der Waals surface area contributed by atoms with Gasteiger partial charge < -0.3 is 14.8 Å². The maximum Gasteiger partial charge on any atom is 0.266 e. The zero-order chi connectivity index (χ0) is 16.9. The zero-order valence-corrected chi connectivity index (χ0v) is 12.6. The van der Waals surface area contributed by atoms with Crippen LogP contribution in [-0.2, 0) is 4.79 Å². The Morgan fingerprint density at radius 3 is 2.75 bits per heavy atom. The van der Waals surface area contributed by atoms with E-state index in [4.69, 9.17) is 9.47 Å². The van der Waals surface area contributed by atoms with Gasteiger partial charge in [-0.1, -0.05) is 24.3 Å². The van der Waals surface area contributed by atoms with Crippen LogP contribution in [0.1, 0.15) is 5.56 Å². The van der Waals surface area contributed by atoms with Crippen LogP contribution in [0.2, 0.25) is 0 Å². The summed E-state index contributed by atoms with van der Waals surface area (Å²) in [6.07, 6.45) is 1.39. The van der Waals surface area contributed by atoms with E-state index in [1.165, 1.54) is 24.3 Å². The Kier molecular flexibility index (Phi) is 4.43. The molecule has 0 radical (unpaired) electrons. The lowest BCUT2D eigenvalue weighted by molar-refractivity contribution is -0.112. The van der Waals surface area contributed by atoms with Crippen LogP contribution in [0.15, 0.2) is 48.0 Å². The first-order valence-corrected chi connectivity index (χ1v) is 7.25. The van der Waals surface area contributed by atoms with E-state index >= 15 is 0 Å². The average Bonchev–Trinajstić information content (AvgIpc) is 2.61. The van der Waals surface area contributed by atoms with E-state index in [2.05, 4.69) is 5.32 Å². The van der Waals surface area contributed by atoms with Crippen LogP contribution in [0.25, 0.3) is 6.08 Å². The van der Waals surface area contributed by atoms with Crippen LogP contribution in [0.4, 0.5) is 10.1 Å². The summed E-state index contributed by atoms with van der Waals surface area (Å²) in [5, 5.41) is 11.6. The molecule has 1 N–H and O–H groups in total. The van der Waals surface area contributed by atoms with Gasteiger partial charge in [0.15, 0.2) is 11.5 Å². The molecule has 0 saturated carbocycles. The Morgan fingerprint density at radius 1 is 1.17 bits per heavy atom. The number of rotatable bonds is 3. The third-order valence-corrected chi connectivity index (χ3v) is 3.38. The molecule has 2 aromatic carbocycles. The molecule has 3 rings (SSSR count). The van der Waals surface area contributed by atoms with Gasteiger partial charge in [0, 0.05) is 5.56 Å². The van der Waals surface area contributed by atoms with Crippen molar-refractivity contribution in [2.45, 2.75) is 0 Å². The lowest BCUT2D eigenvalue weighted by Crippen LogP contribution is -2.17. The molecule has 0 aromatic heterocycles. The molecule has 0 atom stereocenters. The number of nitrogens with zero attached hydrogens (tertiary/aromatic N) is 1. The molecule has 2 aromatic rings. The number of fused-ring (bicyclic) bond motifs is 1. The van der Waals surface area contributed by atoms with Crippen molar-refractivity contribution in [2.75, 3.05) is 18.5 Å². The minimum Gasteiger partial charge on any atom is -0.486 e. The topological polar surface area (TPSA) is 71.3 Å². The maximum absolute atomic E-state index is 13.6. The highest BCUT2D eigenvalue weighted by Gasteiger charge is 2.17. The number of carbonyl (C=O) groups is 1. The van der Waals surface area contributed by atoms with Gasteiger partial charge in [-0.15, -0.1) is 0 Å². The summed E-state index contributed by atoms with van der Waals surface area (Å²) >= 11 is 0. The van der Waals surface area contributed by atoms with E-state index in [9.17, 15) is 14.4 Å². The predicted molar refractivity (Wildman–Crippen MR) is 86.1 cm³/mol. The Bertz CT molecular complexity index is 856. The van der Waals surface area contributed by atoms with Crippen molar-refractivity contribution in [1.82, 2.24) is 0 Å². The summed E-state index contributed by atoms with van der Waals surface area (Å²) in [6.45, 7) is 0.834. The largest absolute Gasteiger partial charge is 0.486 e. The molecule has 0 saturated heterocycles. The van der Waals surface area contributed by atoms with Gasteiger partial charge in [-0.05, 0) is 24.3 Å². The highest BCUT2D eigenvalue weighted by molar-refractivity contribution is 6.09. The van der Waals surface area contributed by atoms with Gasteiger partial charge in [0.2, 0.25) is 0 Å². The van der Waals surface area contributed by atoms with Crippen molar-refractivity contribution in [3.8, 4) is 17.6 Å². The Balaban J connectivity index is 1.89. The lowest BCUT2D eigenvalue weighted by atomic mass is 10.1. The third kappa shape index (κ3) is 3.20. The number of hydrogen-bond acceptors (Lipinski definition) is 4. The maximum atomic E-state index is 13.6. The van der Waals surface area contributed by atoms with Gasteiger partial charge in [0.05, 0.1) is 5.69 Å². The predicted octanol–water partition coefficient (Wildman–Crippen LogP) is 3.14. The number of amides is 1. The molecular weight excluding hydrogens is 311 g/mol. The van der Waals surface area contributed by atoms with Crippen molar-refractivity contribution in [2.24, 2.45) is 0 Å². The molecule has 120 valence electrons. The molecular formula is C18H13FN2O3. The van der Waals surface area contributed by atoms with Crippen molar-refractivity contribution >= 4 is 17.7 Å². The molecule has 0 unspecified atom stereocenters. The smallest absolute Gasteiger partial charge is 0.266 e. The number of para-hydroxylation sites is 2. The lowest BCUT2D eigenvalue weighted by Gasteiger charge is -2.19. The molecule has 0 bridgehead atoms. The number of carbonyl (C=O) groups excluding carboxylic acids is 1. The number of halogens is 1. The van der Waals surface area contributed by atoms with Crippen LogP contribution in [0.5, 0.6) is 11.5 Å². The van der Waals surface area contributed by atoms with E-state index < -0.39 is 11.7 Å². The Labute approximate surface area is 137 Å². The minimum absolute atomic E-state index is 0.0123.